The van der Waals surface area contributed by atoms with Gasteiger partial charge in [0.15, 0.2) is 8.03 Å². The van der Waals surface area contributed by atoms with E-state index in [1.807, 2.05) is 66.7 Å². The van der Waals surface area contributed by atoms with Crippen molar-refractivity contribution in [3.05, 3.63) is 108 Å². The van der Waals surface area contributed by atoms with Crippen LogP contribution in [-0.4, -0.2) is 24.5 Å². The summed E-state index contributed by atoms with van der Waals surface area (Å²) in [4.78, 5) is 12.1. The third kappa shape index (κ3) is 12.1. The molecule has 0 heterocycles. The van der Waals surface area contributed by atoms with Crippen molar-refractivity contribution in [3.63, 3.8) is 0 Å². The molecule has 0 spiro atoms. The Hall–Kier alpha value is -2.45. The van der Waals surface area contributed by atoms with E-state index in [0.29, 0.717) is 37.7 Å². The van der Waals surface area contributed by atoms with Gasteiger partial charge >= 0.3 is 5.97 Å². The number of benzene rings is 3. The van der Waals surface area contributed by atoms with E-state index in [4.69, 9.17) is 9.05 Å². The van der Waals surface area contributed by atoms with E-state index in [0.717, 1.165) is 24.8 Å². The number of ether oxygens (including phenoxy) is 1. The van der Waals surface area contributed by atoms with Crippen molar-refractivity contribution in [2.45, 2.75) is 51.6 Å². The molecule has 3 rings (SSSR count). The van der Waals surface area contributed by atoms with E-state index in [1.54, 1.807) is 0 Å². The third-order valence-corrected chi connectivity index (χ3v) is 11.0. The summed E-state index contributed by atoms with van der Waals surface area (Å²) >= 11 is 0. The minimum atomic E-state index is -3.07. The van der Waals surface area contributed by atoms with Gasteiger partial charge in [0, 0.05) is 24.9 Å². The first-order chi connectivity index (χ1) is 18.0. The average Bonchev–Trinajstić information content (AvgIpc) is 2.92. The van der Waals surface area contributed by atoms with Gasteiger partial charge in [-0.05, 0) is 55.2 Å². The molecule has 0 aromatic heterocycles. The third-order valence-electron chi connectivity index (χ3n) is 6.14. The quantitative estimate of drug-likeness (QED) is 0.0988. The summed E-state index contributed by atoms with van der Waals surface area (Å²) in [5.41, 5.74) is 3.33. The highest BCUT2D eigenvalue weighted by Gasteiger charge is 2.25. The van der Waals surface area contributed by atoms with Gasteiger partial charge in [0.25, 0.3) is 0 Å². The normalized spacial score (nSPS) is 13.5. The van der Waals surface area contributed by atoms with E-state index >= 15 is 0 Å². The molecule has 2 atom stereocenters. The van der Waals surface area contributed by atoms with Gasteiger partial charge in [0.1, 0.15) is 6.61 Å². The zero-order chi connectivity index (χ0) is 26.2. The molecule has 0 bridgehead atoms. The summed E-state index contributed by atoms with van der Waals surface area (Å²) in [7, 11) is -5.47. The maximum Gasteiger partial charge on any atom is 0.306 e. The van der Waals surface area contributed by atoms with Crippen LogP contribution in [0.5, 0.6) is 0 Å². The molecule has 7 heteroatoms. The van der Waals surface area contributed by atoms with E-state index in [1.165, 1.54) is 11.1 Å². The van der Waals surface area contributed by atoms with Crippen molar-refractivity contribution in [1.82, 2.24) is 0 Å². The second-order valence-electron chi connectivity index (χ2n) is 9.26. The van der Waals surface area contributed by atoms with Crippen LogP contribution in [0, 0.1) is 0 Å². The molecule has 5 nitrogen and oxygen atoms in total. The van der Waals surface area contributed by atoms with Gasteiger partial charge in [0.05, 0.1) is 0 Å². The fourth-order valence-corrected chi connectivity index (χ4v) is 8.73. The fraction of sp³-hybridized carbons (Fsp3) is 0.367. The lowest BCUT2D eigenvalue weighted by atomic mass is 10.1. The molecule has 0 N–H and O–H groups in total. The lowest BCUT2D eigenvalue weighted by molar-refractivity contribution is -0.145. The number of rotatable bonds is 17. The van der Waals surface area contributed by atoms with Gasteiger partial charge in [-0.25, -0.2) is 0 Å². The summed E-state index contributed by atoms with van der Waals surface area (Å²) in [6.07, 6.45) is 5.63. The van der Waals surface area contributed by atoms with Crippen LogP contribution in [0.25, 0.3) is 0 Å². The highest BCUT2D eigenvalue weighted by Crippen LogP contribution is 2.56. The molecule has 0 radical (unpaired) electrons. The largest absolute Gasteiger partial charge is 0.461 e. The Morgan fingerprint density at radius 1 is 0.676 bits per heavy atom. The lowest BCUT2D eigenvalue weighted by Crippen LogP contribution is -2.05. The molecule has 0 fully saturated rings. The maximum atomic E-state index is 13.7. The summed E-state index contributed by atoms with van der Waals surface area (Å²) in [6.45, 7) is 0.256. The summed E-state index contributed by atoms with van der Waals surface area (Å²) in [5, 5.41) is 0. The first-order valence-corrected chi connectivity index (χ1v) is 16.6. The van der Waals surface area contributed by atoms with Crippen molar-refractivity contribution in [2.75, 3.05) is 18.5 Å². The van der Waals surface area contributed by atoms with Crippen LogP contribution in [0.4, 0.5) is 0 Å². The number of hydrogen-bond donors (Lipinski definition) is 0. The number of aryl methyl sites for hydroxylation is 2. The van der Waals surface area contributed by atoms with Gasteiger partial charge < -0.3 is 4.74 Å². The molecule has 0 saturated heterocycles. The number of unbranched alkanes of at least 4 members (excludes halogenated alkanes) is 1. The van der Waals surface area contributed by atoms with Gasteiger partial charge in [-0.2, -0.15) is 0 Å². The smallest absolute Gasteiger partial charge is 0.306 e. The Morgan fingerprint density at radius 2 is 1.19 bits per heavy atom. The van der Waals surface area contributed by atoms with E-state index in [9.17, 15) is 13.9 Å². The standard InChI is InChI=1S/C30H38O5P2/c31-30(34-26-29-18-8-3-9-19-29)22-10-11-24-37(33,25-13-21-28-16-6-2-7-17-28)35-36(32)23-12-20-27-14-4-1-5-15-27/h1-9,14-19,36H,10-13,20-26H2. The minimum Gasteiger partial charge on any atom is -0.461 e. The molecule has 0 aliphatic rings. The number of carbonyl (C=O) groups is 1. The van der Waals surface area contributed by atoms with Crippen LogP contribution < -0.4 is 0 Å². The Morgan fingerprint density at radius 3 is 1.78 bits per heavy atom. The Balaban J connectivity index is 1.44. The topological polar surface area (TPSA) is 69.7 Å². The summed E-state index contributed by atoms with van der Waals surface area (Å²) in [5.74, 6) is -0.266. The van der Waals surface area contributed by atoms with Gasteiger partial charge in [-0.1, -0.05) is 91.0 Å². The summed E-state index contributed by atoms with van der Waals surface area (Å²) < 4.78 is 37.6. The van der Waals surface area contributed by atoms with Crippen LogP contribution in [0.3, 0.4) is 0 Å². The molecule has 0 saturated carbocycles. The van der Waals surface area contributed by atoms with Crippen LogP contribution in [0.15, 0.2) is 91.0 Å². The van der Waals surface area contributed by atoms with E-state index < -0.39 is 15.4 Å². The molecule has 0 aliphatic carbocycles. The Labute approximate surface area is 221 Å². The van der Waals surface area contributed by atoms with Crippen molar-refractivity contribution >= 4 is 21.4 Å². The molecule has 37 heavy (non-hydrogen) atoms. The zero-order valence-electron chi connectivity index (χ0n) is 21.4. The number of carbonyl (C=O) groups excluding carboxylic acids is 1. The van der Waals surface area contributed by atoms with Gasteiger partial charge in [-0.15, -0.1) is 0 Å². The lowest BCUT2D eigenvalue weighted by Gasteiger charge is -2.18. The van der Waals surface area contributed by atoms with E-state index in [-0.39, 0.29) is 19.0 Å². The number of hydrogen-bond acceptors (Lipinski definition) is 5. The van der Waals surface area contributed by atoms with Crippen molar-refractivity contribution in [2.24, 2.45) is 0 Å². The number of esters is 1. The molecule has 0 amide bonds. The SMILES string of the molecule is O=C(CCCCP(=O)(CCCc1ccccc1)O[PH](=O)CCCc1ccccc1)OCc1ccccc1. The second kappa shape index (κ2) is 16.4. The molecule has 0 aliphatic heterocycles. The average molecular weight is 541 g/mol. The monoisotopic (exact) mass is 540 g/mol. The summed E-state index contributed by atoms with van der Waals surface area (Å²) in [6, 6.07) is 29.7. The van der Waals surface area contributed by atoms with Crippen molar-refractivity contribution in [1.29, 1.82) is 0 Å². The zero-order valence-corrected chi connectivity index (χ0v) is 23.3. The van der Waals surface area contributed by atoms with Crippen LogP contribution in [0.2, 0.25) is 0 Å². The van der Waals surface area contributed by atoms with Crippen LogP contribution in [-0.2, 0) is 42.4 Å². The van der Waals surface area contributed by atoms with Gasteiger partial charge in [0.2, 0.25) is 7.37 Å². The predicted octanol–water partition coefficient (Wildman–Crippen LogP) is 7.94. The van der Waals surface area contributed by atoms with E-state index in [2.05, 4.69) is 24.3 Å². The molecule has 3 aromatic carbocycles. The molecule has 198 valence electrons. The van der Waals surface area contributed by atoms with Gasteiger partial charge in [-0.3, -0.25) is 18.2 Å². The highest BCUT2D eigenvalue weighted by molar-refractivity contribution is 7.65. The first kappa shape index (κ1) is 29.1. The van der Waals surface area contributed by atoms with Crippen molar-refractivity contribution in [3.8, 4) is 0 Å². The molecule has 2 unspecified atom stereocenters. The second-order valence-corrected chi connectivity index (χ2v) is 13.8. The Kier molecular flexibility index (Phi) is 12.9. The van der Waals surface area contributed by atoms with Crippen LogP contribution >= 0.6 is 15.4 Å². The Bertz CT molecular complexity index is 1120. The fourth-order valence-electron chi connectivity index (χ4n) is 4.12. The van der Waals surface area contributed by atoms with Crippen molar-refractivity contribution < 1.29 is 23.0 Å². The first-order valence-electron chi connectivity index (χ1n) is 13.1. The molecular weight excluding hydrogens is 502 g/mol. The minimum absolute atomic E-state index is 0.256. The molecular formula is C30H38O5P2. The highest BCUT2D eigenvalue weighted by atomic mass is 31.2. The molecule has 3 aromatic rings. The van der Waals surface area contributed by atoms with Crippen LogP contribution in [0.1, 0.15) is 48.8 Å². The predicted molar refractivity (Wildman–Crippen MR) is 152 cm³/mol. The maximum absolute atomic E-state index is 13.7.